The fourth-order valence-electron chi connectivity index (χ4n) is 2.17. The van der Waals surface area contributed by atoms with E-state index < -0.39 is 0 Å². The number of likely N-dealkylation sites (tertiary alicyclic amines) is 1. The number of piperidine rings is 1. The van der Waals surface area contributed by atoms with Crippen molar-refractivity contribution in [3.63, 3.8) is 0 Å². The molecule has 1 heterocycles. The molecule has 5 nitrogen and oxygen atoms in total. The highest BCUT2D eigenvalue weighted by atomic mass is 16.5. The van der Waals surface area contributed by atoms with Crippen LogP contribution in [0.25, 0.3) is 0 Å². The summed E-state index contributed by atoms with van der Waals surface area (Å²) in [6.45, 7) is 9.35. The van der Waals surface area contributed by atoms with E-state index in [2.05, 4.69) is 5.32 Å². The van der Waals surface area contributed by atoms with Gasteiger partial charge >= 0.3 is 0 Å². The van der Waals surface area contributed by atoms with Gasteiger partial charge < -0.3 is 15.0 Å². The van der Waals surface area contributed by atoms with Crippen LogP contribution < -0.4 is 5.32 Å². The third-order valence-electron chi connectivity index (χ3n) is 3.32. The third-order valence-corrected chi connectivity index (χ3v) is 3.32. The van der Waals surface area contributed by atoms with E-state index in [0.717, 1.165) is 19.3 Å². The number of nitrogens with zero attached hydrogens (tertiary/aromatic N) is 1. The van der Waals surface area contributed by atoms with Crippen molar-refractivity contribution in [3.05, 3.63) is 0 Å². The smallest absolute Gasteiger partial charge is 0.248 e. The first-order valence-electron chi connectivity index (χ1n) is 7.53. The van der Waals surface area contributed by atoms with E-state index in [0.29, 0.717) is 19.5 Å². The maximum Gasteiger partial charge on any atom is 0.248 e. The van der Waals surface area contributed by atoms with Crippen molar-refractivity contribution in [3.8, 4) is 0 Å². The molecule has 0 aromatic heterocycles. The van der Waals surface area contributed by atoms with Gasteiger partial charge in [0.15, 0.2) is 0 Å². The highest BCUT2D eigenvalue weighted by Crippen LogP contribution is 2.12. The average Bonchev–Trinajstić information content (AvgIpc) is 2.36. The molecule has 0 aliphatic carbocycles. The number of carbonyl (C=O) groups is 2. The number of amides is 2. The van der Waals surface area contributed by atoms with Gasteiger partial charge in [-0.05, 0) is 40.0 Å². The van der Waals surface area contributed by atoms with Crippen LogP contribution in [-0.4, -0.2) is 48.1 Å². The van der Waals surface area contributed by atoms with Gasteiger partial charge in [-0.15, -0.1) is 0 Å². The van der Waals surface area contributed by atoms with Crippen LogP contribution in [0.3, 0.4) is 0 Å². The molecule has 1 saturated heterocycles. The second-order valence-electron chi connectivity index (χ2n) is 6.37. The average molecular weight is 284 g/mol. The largest absolute Gasteiger partial charge is 0.366 e. The third kappa shape index (κ3) is 6.37. The Labute approximate surface area is 122 Å². The normalized spacial score (nSPS) is 17.1. The van der Waals surface area contributed by atoms with Gasteiger partial charge in [0.05, 0.1) is 5.60 Å². The zero-order valence-electron chi connectivity index (χ0n) is 13.2. The van der Waals surface area contributed by atoms with Crippen molar-refractivity contribution in [1.29, 1.82) is 0 Å². The molecule has 0 saturated carbocycles. The summed E-state index contributed by atoms with van der Waals surface area (Å²) in [5.41, 5.74) is -0.290. The Kier molecular flexibility index (Phi) is 6.46. The maximum absolute atomic E-state index is 12.0. The molecule has 0 atom stereocenters. The number of ether oxygens (including phenoxy) is 1. The van der Waals surface area contributed by atoms with Crippen LogP contribution in [0.5, 0.6) is 0 Å². The van der Waals surface area contributed by atoms with E-state index in [1.165, 1.54) is 0 Å². The fourth-order valence-corrected chi connectivity index (χ4v) is 2.17. The Morgan fingerprint density at radius 1 is 1.25 bits per heavy atom. The lowest BCUT2D eigenvalue weighted by Crippen LogP contribution is -2.47. The molecule has 1 aliphatic heterocycles. The van der Waals surface area contributed by atoms with E-state index in [4.69, 9.17) is 4.74 Å². The van der Waals surface area contributed by atoms with Crippen molar-refractivity contribution in [1.82, 2.24) is 10.2 Å². The summed E-state index contributed by atoms with van der Waals surface area (Å²) in [5.74, 6) is 0.159. The van der Waals surface area contributed by atoms with Crippen LogP contribution in [-0.2, 0) is 14.3 Å². The minimum absolute atomic E-state index is 0.0401. The molecular weight excluding hydrogens is 256 g/mol. The number of rotatable bonds is 5. The summed E-state index contributed by atoms with van der Waals surface area (Å²) in [6.07, 6.45) is 3.11. The molecule has 5 heteroatoms. The minimum atomic E-state index is -0.290. The molecule has 2 amide bonds. The number of carbonyl (C=O) groups excluding carboxylic acids is 2. The van der Waals surface area contributed by atoms with Gasteiger partial charge in [0.25, 0.3) is 0 Å². The predicted octanol–water partition coefficient (Wildman–Crippen LogP) is 1.71. The van der Waals surface area contributed by atoms with Crippen LogP contribution in [0.2, 0.25) is 0 Å². The first-order chi connectivity index (χ1) is 9.31. The summed E-state index contributed by atoms with van der Waals surface area (Å²) in [4.78, 5) is 25.3. The topological polar surface area (TPSA) is 58.6 Å². The molecule has 0 unspecified atom stereocenters. The van der Waals surface area contributed by atoms with Crippen molar-refractivity contribution in [2.45, 2.75) is 65.0 Å². The number of nitrogens with one attached hydrogen (secondary N) is 1. The van der Waals surface area contributed by atoms with Crippen LogP contribution in [0.4, 0.5) is 0 Å². The molecule has 0 aromatic carbocycles. The molecular formula is C15H28N2O3. The van der Waals surface area contributed by atoms with Crippen molar-refractivity contribution in [2.24, 2.45) is 0 Å². The zero-order valence-corrected chi connectivity index (χ0v) is 13.2. The predicted molar refractivity (Wildman–Crippen MR) is 78.4 cm³/mol. The first kappa shape index (κ1) is 17.0. The Bertz CT molecular complexity index is 329. The van der Waals surface area contributed by atoms with Gasteiger partial charge in [0, 0.05) is 25.6 Å². The van der Waals surface area contributed by atoms with Gasteiger partial charge in [-0.2, -0.15) is 0 Å². The van der Waals surface area contributed by atoms with Gasteiger partial charge in [-0.3, -0.25) is 9.59 Å². The summed E-state index contributed by atoms with van der Waals surface area (Å²) >= 11 is 0. The Morgan fingerprint density at radius 3 is 2.35 bits per heavy atom. The fraction of sp³-hybridized carbons (Fsp3) is 0.867. The van der Waals surface area contributed by atoms with Crippen LogP contribution in [0.1, 0.15) is 53.4 Å². The standard InChI is InChI=1S/C15H28N2O3/c1-5-6-13(18)16-12-7-9-17(10-8-12)14(19)11-20-15(2,3)4/h12H,5-11H2,1-4H3,(H,16,18). The van der Waals surface area contributed by atoms with Crippen LogP contribution >= 0.6 is 0 Å². The quantitative estimate of drug-likeness (QED) is 0.836. The monoisotopic (exact) mass is 284 g/mol. The van der Waals surface area contributed by atoms with E-state index in [9.17, 15) is 9.59 Å². The molecule has 1 aliphatic rings. The summed E-state index contributed by atoms with van der Waals surface area (Å²) in [5, 5.41) is 3.03. The SMILES string of the molecule is CCCC(=O)NC1CCN(C(=O)COC(C)(C)C)CC1. The highest BCUT2D eigenvalue weighted by Gasteiger charge is 2.24. The molecule has 0 radical (unpaired) electrons. The lowest BCUT2D eigenvalue weighted by molar-refractivity contribution is -0.142. The molecule has 116 valence electrons. The molecule has 1 N–H and O–H groups in total. The van der Waals surface area contributed by atoms with Gasteiger partial charge in [-0.1, -0.05) is 6.92 Å². The van der Waals surface area contributed by atoms with Crippen LogP contribution in [0.15, 0.2) is 0 Å². The van der Waals surface area contributed by atoms with E-state index in [1.807, 2.05) is 32.6 Å². The second kappa shape index (κ2) is 7.62. The van der Waals surface area contributed by atoms with Gasteiger partial charge in [0.2, 0.25) is 11.8 Å². The molecule has 1 rings (SSSR count). The first-order valence-corrected chi connectivity index (χ1v) is 7.53. The molecule has 0 bridgehead atoms. The van der Waals surface area contributed by atoms with Gasteiger partial charge in [0.1, 0.15) is 6.61 Å². The number of hydrogen-bond acceptors (Lipinski definition) is 3. The van der Waals surface area contributed by atoms with E-state index >= 15 is 0 Å². The summed E-state index contributed by atoms with van der Waals surface area (Å²) in [6, 6.07) is 0.210. The maximum atomic E-state index is 12.0. The van der Waals surface area contributed by atoms with Gasteiger partial charge in [-0.25, -0.2) is 0 Å². The Hall–Kier alpha value is -1.10. The summed E-state index contributed by atoms with van der Waals surface area (Å²) < 4.78 is 5.51. The summed E-state index contributed by atoms with van der Waals surface area (Å²) in [7, 11) is 0. The van der Waals surface area contributed by atoms with Crippen molar-refractivity contribution >= 4 is 11.8 Å². The molecule has 0 aromatic rings. The zero-order chi connectivity index (χ0) is 15.2. The molecule has 1 fully saturated rings. The molecule has 0 spiro atoms. The lowest BCUT2D eigenvalue weighted by atomic mass is 10.0. The lowest BCUT2D eigenvalue weighted by Gasteiger charge is -2.33. The minimum Gasteiger partial charge on any atom is -0.366 e. The Morgan fingerprint density at radius 2 is 1.85 bits per heavy atom. The van der Waals surface area contributed by atoms with Crippen molar-refractivity contribution < 1.29 is 14.3 Å². The molecule has 20 heavy (non-hydrogen) atoms. The highest BCUT2D eigenvalue weighted by molar-refractivity contribution is 5.78. The van der Waals surface area contributed by atoms with Crippen molar-refractivity contribution in [2.75, 3.05) is 19.7 Å². The van der Waals surface area contributed by atoms with E-state index in [-0.39, 0.29) is 30.1 Å². The van der Waals surface area contributed by atoms with E-state index in [1.54, 1.807) is 0 Å². The van der Waals surface area contributed by atoms with Crippen LogP contribution in [0, 0.1) is 0 Å². The second-order valence-corrected chi connectivity index (χ2v) is 6.37. The Balaban J connectivity index is 2.27. The number of hydrogen-bond donors (Lipinski definition) is 1.